The van der Waals surface area contributed by atoms with Gasteiger partial charge in [-0.1, -0.05) is 47.7 Å². The quantitative estimate of drug-likeness (QED) is 0.392. The van der Waals surface area contributed by atoms with Crippen LogP contribution in [0.1, 0.15) is 48.4 Å². The zero-order valence-corrected chi connectivity index (χ0v) is 20.9. The molecule has 0 spiro atoms. The number of methoxy groups -OCH3 is 1. The van der Waals surface area contributed by atoms with Gasteiger partial charge in [0.1, 0.15) is 5.82 Å². The van der Waals surface area contributed by atoms with Crippen molar-refractivity contribution in [3.63, 3.8) is 0 Å². The highest BCUT2D eigenvalue weighted by Crippen LogP contribution is 2.39. The van der Waals surface area contributed by atoms with E-state index in [1.165, 1.54) is 17.3 Å². The molecule has 8 heteroatoms. The number of nitrogens with zero attached hydrogens (tertiary/aromatic N) is 2. The van der Waals surface area contributed by atoms with Gasteiger partial charge in [-0.25, -0.2) is 0 Å². The van der Waals surface area contributed by atoms with Gasteiger partial charge in [0.15, 0.2) is 16.7 Å². The van der Waals surface area contributed by atoms with Crippen molar-refractivity contribution in [1.29, 1.82) is 0 Å². The maximum atomic E-state index is 13.2. The third-order valence-corrected chi connectivity index (χ3v) is 6.81. The Hall–Kier alpha value is -3.26. The number of anilines is 1. The van der Waals surface area contributed by atoms with E-state index in [0.29, 0.717) is 33.8 Å². The Balaban J connectivity index is 1.70. The molecule has 0 bridgehead atoms. The van der Waals surface area contributed by atoms with Crippen LogP contribution >= 0.6 is 11.8 Å². The van der Waals surface area contributed by atoms with E-state index < -0.39 is 5.92 Å². The number of fused-ring (bicyclic) bond motifs is 1. The van der Waals surface area contributed by atoms with E-state index >= 15 is 0 Å². The number of amides is 1. The highest BCUT2D eigenvalue weighted by Gasteiger charge is 2.32. The van der Waals surface area contributed by atoms with E-state index in [2.05, 4.69) is 16.4 Å². The lowest BCUT2D eigenvalue weighted by molar-refractivity contribution is -0.116. The van der Waals surface area contributed by atoms with Crippen LogP contribution in [0.2, 0.25) is 0 Å². The number of carbonyl (C=O) groups excluding carboxylic acids is 1. The average Bonchev–Trinajstić information content (AvgIpc) is 2.80. The normalized spacial score (nSPS) is 15.1. The molecule has 0 aliphatic carbocycles. The smallest absolute Gasteiger partial charge is 0.279 e. The van der Waals surface area contributed by atoms with Gasteiger partial charge in [-0.2, -0.15) is 4.98 Å². The van der Waals surface area contributed by atoms with Gasteiger partial charge < -0.3 is 19.4 Å². The topological polar surface area (TPSA) is 82.5 Å². The lowest BCUT2D eigenvalue weighted by atomic mass is 9.86. The van der Waals surface area contributed by atoms with Crippen molar-refractivity contribution >= 4 is 23.5 Å². The maximum absolute atomic E-state index is 13.2. The molecule has 0 saturated heterocycles. The minimum absolute atomic E-state index is 0.00634. The van der Waals surface area contributed by atoms with Gasteiger partial charge >= 0.3 is 0 Å². The van der Waals surface area contributed by atoms with Crippen LogP contribution in [-0.4, -0.2) is 28.7 Å². The monoisotopic (exact) mass is 479 g/mol. The van der Waals surface area contributed by atoms with Crippen LogP contribution in [0.3, 0.4) is 0 Å². The Bertz CT molecular complexity index is 1290. The molecule has 34 heavy (non-hydrogen) atoms. The highest BCUT2D eigenvalue weighted by atomic mass is 32.2. The number of aromatic nitrogens is 2. The molecule has 0 radical (unpaired) electrons. The summed E-state index contributed by atoms with van der Waals surface area (Å²) in [7, 11) is 3.40. The Morgan fingerprint density at radius 1 is 1.18 bits per heavy atom. The largest absolute Gasteiger partial charge is 0.493 e. The molecule has 1 N–H and O–H groups in total. The molecule has 1 aliphatic rings. The molecule has 2 aromatic carbocycles. The Morgan fingerprint density at radius 3 is 2.68 bits per heavy atom. The van der Waals surface area contributed by atoms with Gasteiger partial charge in [0, 0.05) is 25.1 Å². The summed E-state index contributed by atoms with van der Waals surface area (Å²) < 4.78 is 13.1. The third-order valence-electron chi connectivity index (χ3n) is 5.70. The molecule has 0 fully saturated rings. The molecular weight excluding hydrogens is 450 g/mol. The molecule has 1 amide bonds. The number of aryl methyl sites for hydroxylation is 1. The summed E-state index contributed by atoms with van der Waals surface area (Å²) in [6.07, 6.45) is 0.154. The Labute approximate surface area is 203 Å². The lowest BCUT2D eigenvalue weighted by Gasteiger charge is -2.28. The number of thioether (sulfide) groups is 1. The SMILES string of the molecule is COc1cc(C2CC(=O)Nc3c2c(=O)nc(SCc2cccc(C)c2)n3C)ccc1OC(C)C. The second-order valence-electron chi connectivity index (χ2n) is 8.68. The van der Waals surface area contributed by atoms with Crippen molar-refractivity contribution in [2.24, 2.45) is 7.05 Å². The fourth-order valence-electron chi connectivity index (χ4n) is 4.15. The minimum atomic E-state index is -0.423. The molecule has 1 atom stereocenters. The molecule has 2 heterocycles. The van der Waals surface area contributed by atoms with Gasteiger partial charge in [-0.3, -0.25) is 9.59 Å². The fraction of sp³-hybridized carbons (Fsp3) is 0.346. The van der Waals surface area contributed by atoms with E-state index in [-0.39, 0.29) is 24.0 Å². The van der Waals surface area contributed by atoms with Gasteiger partial charge in [0.2, 0.25) is 5.91 Å². The minimum Gasteiger partial charge on any atom is -0.493 e. The Kier molecular flexibility index (Phi) is 6.97. The summed E-state index contributed by atoms with van der Waals surface area (Å²) in [6, 6.07) is 13.8. The van der Waals surface area contributed by atoms with E-state index in [1.807, 2.05) is 64.2 Å². The van der Waals surface area contributed by atoms with Crippen molar-refractivity contribution in [3.8, 4) is 11.5 Å². The number of nitrogens with one attached hydrogen (secondary N) is 1. The number of hydrogen-bond donors (Lipinski definition) is 1. The molecule has 178 valence electrons. The van der Waals surface area contributed by atoms with Crippen LogP contribution < -0.4 is 20.3 Å². The zero-order chi connectivity index (χ0) is 24.4. The van der Waals surface area contributed by atoms with Crippen LogP contribution in [0, 0.1) is 6.92 Å². The molecule has 0 saturated carbocycles. The second-order valence-corrected chi connectivity index (χ2v) is 9.62. The standard InChI is InChI=1S/C26H29N3O4S/c1-15(2)33-20-10-9-18(12-21(20)32-5)19-13-22(30)27-24-23(19)25(31)28-26(29(24)4)34-14-17-8-6-7-16(3)11-17/h6-12,15,19H,13-14H2,1-5H3,(H,27,30). The van der Waals surface area contributed by atoms with Crippen LogP contribution in [0.4, 0.5) is 5.82 Å². The summed E-state index contributed by atoms with van der Waals surface area (Å²) in [5, 5.41) is 3.46. The molecule has 4 rings (SSSR count). The summed E-state index contributed by atoms with van der Waals surface area (Å²) >= 11 is 1.47. The summed E-state index contributed by atoms with van der Waals surface area (Å²) in [4.78, 5) is 30.3. The van der Waals surface area contributed by atoms with Crippen LogP contribution in [0.5, 0.6) is 11.5 Å². The Morgan fingerprint density at radius 2 is 1.97 bits per heavy atom. The van der Waals surface area contributed by atoms with Gasteiger partial charge in [-0.05, 0) is 44.0 Å². The number of hydrogen-bond acceptors (Lipinski definition) is 6. The van der Waals surface area contributed by atoms with Crippen molar-refractivity contribution in [1.82, 2.24) is 9.55 Å². The van der Waals surface area contributed by atoms with Gasteiger partial charge in [-0.15, -0.1) is 0 Å². The first-order chi connectivity index (χ1) is 16.3. The fourth-order valence-corrected chi connectivity index (χ4v) is 5.06. The molecule has 1 unspecified atom stereocenters. The van der Waals surface area contributed by atoms with Crippen LogP contribution in [0.15, 0.2) is 52.4 Å². The second kappa shape index (κ2) is 9.93. The van der Waals surface area contributed by atoms with Crippen molar-refractivity contribution in [3.05, 3.63) is 75.1 Å². The molecule has 1 aliphatic heterocycles. The predicted octanol–water partition coefficient (Wildman–Crippen LogP) is 4.65. The third kappa shape index (κ3) is 4.97. The number of benzene rings is 2. The predicted molar refractivity (Wildman–Crippen MR) is 134 cm³/mol. The van der Waals surface area contributed by atoms with Crippen LogP contribution in [-0.2, 0) is 17.6 Å². The van der Waals surface area contributed by atoms with E-state index in [0.717, 1.165) is 11.1 Å². The average molecular weight is 480 g/mol. The number of carbonyl (C=O) groups is 1. The van der Waals surface area contributed by atoms with Crippen LogP contribution in [0.25, 0.3) is 0 Å². The lowest BCUT2D eigenvalue weighted by Crippen LogP contribution is -2.33. The number of ether oxygens (including phenoxy) is 2. The molecular formula is C26H29N3O4S. The maximum Gasteiger partial charge on any atom is 0.279 e. The van der Waals surface area contributed by atoms with Crippen molar-refractivity contribution < 1.29 is 14.3 Å². The van der Waals surface area contributed by atoms with Crippen molar-refractivity contribution in [2.45, 2.75) is 50.1 Å². The first-order valence-electron chi connectivity index (χ1n) is 11.2. The van der Waals surface area contributed by atoms with E-state index in [4.69, 9.17) is 9.47 Å². The summed E-state index contributed by atoms with van der Waals surface area (Å²) in [5.41, 5.74) is 3.30. The molecule has 3 aromatic rings. The van der Waals surface area contributed by atoms with Gasteiger partial charge in [0.25, 0.3) is 5.56 Å². The molecule has 1 aromatic heterocycles. The van der Waals surface area contributed by atoms with E-state index in [1.54, 1.807) is 11.7 Å². The summed E-state index contributed by atoms with van der Waals surface area (Å²) in [5.74, 6) is 1.79. The first kappa shape index (κ1) is 23.9. The first-order valence-corrected chi connectivity index (χ1v) is 12.2. The van der Waals surface area contributed by atoms with Gasteiger partial charge in [0.05, 0.1) is 18.8 Å². The highest BCUT2D eigenvalue weighted by molar-refractivity contribution is 7.98. The van der Waals surface area contributed by atoms with E-state index in [9.17, 15) is 9.59 Å². The molecule has 7 nitrogen and oxygen atoms in total. The zero-order valence-electron chi connectivity index (χ0n) is 20.0. The van der Waals surface area contributed by atoms with Crippen molar-refractivity contribution in [2.75, 3.05) is 12.4 Å². The number of rotatable bonds is 7. The summed E-state index contributed by atoms with van der Waals surface area (Å²) in [6.45, 7) is 5.94.